The zero-order chi connectivity index (χ0) is 22.4. The van der Waals surface area contributed by atoms with Crippen LogP contribution in [0, 0.1) is 6.92 Å². The van der Waals surface area contributed by atoms with Crippen LogP contribution in [0.5, 0.6) is 5.75 Å². The molecule has 30 heavy (non-hydrogen) atoms. The second-order valence-electron chi connectivity index (χ2n) is 6.25. The maximum Gasteiger partial charge on any atom is 0.501 e. The Labute approximate surface area is 178 Å². The molecule has 0 heterocycles. The van der Waals surface area contributed by atoms with Crippen LogP contribution in [0.4, 0.5) is 18.9 Å². The number of alkyl halides is 3. The molecule has 1 amide bonds. The number of phenolic OH excluding ortho intramolecular Hbond substituents is 1. The number of amides is 1. The van der Waals surface area contributed by atoms with E-state index >= 15 is 0 Å². The first-order chi connectivity index (χ1) is 13.9. The van der Waals surface area contributed by atoms with Crippen molar-refractivity contribution in [3.63, 3.8) is 0 Å². The predicted molar refractivity (Wildman–Crippen MR) is 108 cm³/mol. The Morgan fingerprint density at radius 1 is 1.07 bits per heavy atom. The van der Waals surface area contributed by atoms with Gasteiger partial charge in [0.25, 0.3) is 15.7 Å². The van der Waals surface area contributed by atoms with Crippen molar-refractivity contribution in [2.24, 2.45) is 0 Å². The minimum atomic E-state index is -5.59. The van der Waals surface area contributed by atoms with Crippen LogP contribution in [0.25, 0.3) is 10.8 Å². The number of fused-ring (bicyclic) bond motifs is 1. The molecule has 3 rings (SSSR count). The summed E-state index contributed by atoms with van der Waals surface area (Å²) in [5, 5.41) is 13.6. The maximum absolute atomic E-state index is 12.8. The lowest BCUT2D eigenvalue weighted by Crippen LogP contribution is -2.23. The molecule has 158 valence electrons. The molecule has 0 atom stereocenters. The predicted octanol–water partition coefficient (Wildman–Crippen LogP) is 5.71. The van der Waals surface area contributed by atoms with Crippen LogP contribution < -0.4 is 5.32 Å². The van der Waals surface area contributed by atoms with Gasteiger partial charge in [0, 0.05) is 10.8 Å². The standard InChI is InChI=1S/C19H12Cl2F3NO4S/c1-9-15(17(26)12-5-3-2-4-11(12)16(9)21)18(27)25-14-7-6-10(8-13(14)20)30(28,29)19(22,23)24/h2-8,26H,1H3,(H,25,27). The molecular weight excluding hydrogens is 466 g/mol. The number of benzene rings is 3. The van der Waals surface area contributed by atoms with E-state index in [1.165, 1.54) is 6.92 Å². The van der Waals surface area contributed by atoms with Gasteiger partial charge in [-0.2, -0.15) is 13.2 Å². The monoisotopic (exact) mass is 477 g/mol. The quantitative estimate of drug-likeness (QED) is 0.506. The number of phenols is 1. The highest BCUT2D eigenvalue weighted by atomic mass is 35.5. The molecule has 3 aromatic rings. The van der Waals surface area contributed by atoms with Gasteiger partial charge in [-0.05, 0) is 30.7 Å². The molecule has 0 saturated carbocycles. The molecule has 0 unspecified atom stereocenters. The van der Waals surface area contributed by atoms with Crippen molar-refractivity contribution in [3.05, 3.63) is 63.6 Å². The highest BCUT2D eigenvalue weighted by Crippen LogP contribution is 2.39. The Kier molecular flexibility index (Phi) is 5.66. The summed E-state index contributed by atoms with van der Waals surface area (Å²) in [7, 11) is -5.59. The van der Waals surface area contributed by atoms with Crippen LogP contribution in [-0.2, 0) is 9.84 Å². The van der Waals surface area contributed by atoms with Crippen LogP contribution in [-0.4, -0.2) is 24.9 Å². The van der Waals surface area contributed by atoms with Crippen LogP contribution in [0.2, 0.25) is 10.0 Å². The Bertz CT molecular complexity index is 1290. The smallest absolute Gasteiger partial charge is 0.501 e. The number of anilines is 1. The highest BCUT2D eigenvalue weighted by molar-refractivity contribution is 7.92. The third kappa shape index (κ3) is 3.68. The van der Waals surface area contributed by atoms with E-state index in [1.54, 1.807) is 24.3 Å². The average Bonchev–Trinajstić information content (AvgIpc) is 2.67. The molecule has 2 N–H and O–H groups in total. The van der Waals surface area contributed by atoms with E-state index in [-0.39, 0.29) is 27.6 Å². The molecule has 5 nitrogen and oxygen atoms in total. The molecule has 0 saturated heterocycles. The molecule has 11 heteroatoms. The second-order valence-corrected chi connectivity index (χ2v) is 8.98. The average molecular weight is 478 g/mol. The van der Waals surface area contributed by atoms with E-state index in [9.17, 15) is 31.5 Å². The summed E-state index contributed by atoms with van der Waals surface area (Å²) in [6, 6.07) is 8.77. The Balaban J connectivity index is 2.02. The normalized spacial score (nSPS) is 12.2. The zero-order valence-electron chi connectivity index (χ0n) is 15.0. The van der Waals surface area contributed by atoms with Crippen LogP contribution >= 0.6 is 23.2 Å². The first-order valence-corrected chi connectivity index (χ1v) is 10.4. The van der Waals surface area contributed by atoms with Gasteiger partial charge in [0.05, 0.1) is 26.2 Å². The van der Waals surface area contributed by atoms with Crippen molar-refractivity contribution in [2.45, 2.75) is 17.3 Å². The molecule has 0 radical (unpaired) electrons. The number of rotatable bonds is 3. The third-order valence-corrected chi connectivity index (χ3v) is 6.67. The topological polar surface area (TPSA) is 83.5 Å². The molecule has 0 aliphatic carbocycles. The summed E-state index contributed by atoms with van der Waals surface area (Å²) in [5.74, 6) is -1.16. The van der Waals surface area contributed by atoms with Crippen molar-refractivity contribution in [1.29, 1.82) is 0 Å². The molecule has 0 fully saturated rings. The summed E-state index contributed by atoms with van der Waals surface area (Å²) in [6.45, 7) is 1.52. The summed E-state index contributed by atoms with van der Waals surface area (Å²) in [4.78, 5) is 11.7. The van der Waals surface area contributed by atoms with E-state index in [1.807, 2.05) is 0 Å². The number of hydrogen-bond acceptors (Lipinski definition) is 4. The Morgan fingerprint density at radius 3 is 2.23 bits per heavy atom. The van der Waals surface area contributed by atoms with Crippen LogP contribution in [0.3, 0.4) is 0 Å². The summed E-state index contributed by atoms with van der Waals surface area (Å²) < 4.78 is 61.1. The van der Waals surface area contributed by atoms with Gasteiger partial charge in [0.15, 0.2) is 0 Å². The first-order valence-electron chi connectivity index (χ1n) is 8.18. The molecule has 0 bridgehead atoms. The largest absolute Gasteiger partial charge is 0.506 e. The lowest BCUT2D eigenvalue weighted by molar-refractivity contribution is -0.0436. The van der Waals surface area contributed by atoms with E-state index in [2.05, 4.69) is 5.32 Å². The molecule has 0 aliphatic rings. The number of sulfone groups is 1. The van der Waals surface area contributed by atoms with Crippen molar-refractivity contribution in [1.82, 2.24) is 0 Å². The third-order valence-electron chi connectivity index (χ3n) is 4.39. The lowest BCUT2D eigenvalue weighted by Gasteiger charge is -2.15. The van der Waals surface area contributed by atoms with Crippen molar-refractivity contribution >= 4 is 55.4 Å². The Morgan fingerprint density at radius 2 is 1.67 bits per heavy atom. The molecule has 0 spiro atoms. The number of hydrogen-bond donors (Lipinski definition) is 2. The summed E-state index contributed by atoms with van der Waals surface area (Å²) in [5.41, 5.74) is -5.52. The fourth-order valence-corrected chi connectivity index (χ4v) is 4.20. The van der Waals surface area contributed by atoms with Crippen molar-refractivity contribution in [2.75, 3.05) is 5.32 Å². The van der Waals surface area contributed by atoms with E-state index in [0.29, 0.717) is 22.9 Å². The molecular formula is C19H12Cl2F3NO4S. The van der Waals surface area contributed by atoms with Gasteiger partial charge in [-0.1, -0.05) is 47.5 Å². The van der Waals surface area contributed by atoms with Crippen molar-refractivity contribution in [3.8, 4) is 5.75 Å². The summed E-state index contributed by atoms with van der Waals surface area (Å²) >= 11 is 12.2. The van der Waals surface area contributed by atoms with E-state index < -0.39 is 31.2 Å². The van der Waals surface area contributed by atoms with Crippen molar-refractivity contribution < 1.29 is 31.5 Å². The number of halogens is 5. The van der Waals surface area contributed by atoms with Crippen LogP contribution in [0.15, 0.2) is 47.4 Å². The minimum absolute atomic E-state index is 0.147. The molecule has 0 aromatic heterocycles. The second kappa shape index (κ2) is 7.64. The number of nitrogens with one attached hydrogen (secondary N) is 1. The van der Waals surface area contributed by atoms with Gasteiger partial charge in [0.1, 0.15) is 5.75 Å². The SMILES string of the molecule is Cc1c(C(=O)Nc2ccc(S(=O)(=O)C(F)(F)F)cc2Cl)c(O)c2ccccc2c1Cl. The molecule has 3 aromatic carbocycles. The lowest BCUT2D eigenvalue weighted by atomic mass is 9.99. The zero-order valence-corrected chi connectivity index (χ0v) is 17.3. The first kappa shape index (κ1) is 22.2. The number of aromatic hydroxyl groups is 1. The van der Waals surface area contributed by atoms with Gasteiger partial charge < -0.3 is 10.4 Å². The highest BCUT2D eigenvalue weighted by Gasteiger charge is 2.47. The van der Waals surface area contributed by atoms with Gasteiger partial charge in [0.2, 0.25) is 0 Å². The number of carbonyl (C=O) groups excluding carboxylic acids is 1. The Hall–Kier alpha value is -2.49. The van der Waals surface area contributed by atoms with E-state index in [0.717, 1.165) is 6.07 Å². The fraction of sp³-hybridized carbons (Fsp3) is 0.105. The molecule has 0 aliphatic heterocycles. The maximum atomic E-state index is 12.8. The fourth-order valence-electron chi connectivity index (χ4n) is 2.87. The van der Waals surface area contributed by atoms with E-state index in [4.69, 9.17) is 23.2 Å². The van der Waals surface area contributed by atoms with Gasteiger partial charge in [-0.3, -0.25) is 4.79 Å². The van der Waals surface area contributed by atoms with Crippen LogP contribution in [0.1, 0.15) is 15.9 Å². The number of carbonyl (C=O) groups is 1. The van der Waals surface area contributed by atoms with Gasteiger partial charge in [-0.25, -0.2) is 8.42 Å². The summed E-state index contributed by atoms with van der Waals surface area (Å²) in [6.07, 6.45) is 0. The minimum Gasteiger partial charge on any atom is -0.506 e. The van der Waals surface area contributed by atoms with Gasteiger partial charge >= 0.3 is 5.51 Å². The van der Waals surface area contributed by atoms with Gasteiger partial charge in [-0.15, -0.1) is 0 Å².